The Hall–Kier alpha value is -1.02. The molecule has 1 aromatic heterocycles. The van der Waals surface area contributed by atoms with Gasteiger partial charge >= 0.3 is 15.5 Å². The first-order valence-corrected chi connectivity index (χ1v) is 11.3. The van der Waals surface area contributed by atoms with Crippen molar-refractivity contribution in [3.05, 3.63) is 24.2 Å². The zero-order valence-corrected chi connectivity index (χ0v) is 20.1. The Labute approximate surface area is 192 Å². The summed E-state index contributed by atoms with van der Waals surface area (Å²) in [6.07, 6.45) is 5.07. The number of alkyl halides is 3. The van der Waals surface area contributed by atoms with Gasteiger partial charge in [-0.25, -0.2) is 8.42 Å². The summed E-state index contributed by atoms with van der Waals surface area (Å²) in [6.45, 7) is 3.66. The molecule has 30 heavy (non-hydrogen) atoms. The van der Waals surface area contributed by atoms with Crippen molar-refractivity contribution < 1.29 is 26.0 Å². The highest BCUT2D eigenvalue weighted by Crippen LogP contribution is 2.30. The van der Waals surface area contributed by atoms with Crippen molar-refractivity contribution >= 4 is 40.0 Å². The summed E-state index contributed by atoms with van der Waals surface area (Å²) >= 11 is 0. The highest BCUT2D eigenvalue weighted by molar-refractivity contribution is 14.0. The molecule has 174 valence electrons. The molecule has 0 radical (unpaired) electrons. The van der Waals surface area contributed by atoms with Gasteiger partial charge in [0.15, 0.2) is 5.96 Å². The molecule has 2 N–H and O–H groups in total. The monoisotopic (exact) mass is 566 g/mol. The number of furan rings is 1. The van der Waals surface area contributed by atoms with Crippen molar-refractivity contribution in [3.8, 4) is 0 Å². The van der Waals surface area contributed by atoms with Crippen molar-refractivity contribution in [3.63, 3.8) is 0 Å². The molecule has 1 fully saturated rings. The molecule has 0 atom stereocenters. The normalized spacial score (nSPS) is 16.9. The molecule has 0 bridgehead atoms. The average Bonchev–Trinajstić information content (AvgIpc) is 3.19. The van der Waals surface area contributed by atoms with E-state index in [1.54, 1.807) is 6.26 Å². The second kappa shape index (κ2) is 12.7. The van der Waals surface area contributed by atoms with Gasteiger partial charge in [0, 0.05) is 39.1 Å². The second-order valence-electron chi connectivity index (χ2n) is 7.02. The maximum atomic E-state index is 12.7. The predicted octanol–water partition coefficient (Wildman–Crippen LogP) is 3.34. The summed E-state index contributed by atoms with van der Waals surface area (Å²) in [4.78, 5) is 4.55. The van der Waals surface area contributed by atoms with Crippen LogP contribution in [-0.2, 0) is 16.4 Å². The second-order valence-corrected chi connectivity index (χ2v) is 8.95. The number of halogens is 4. The first-order chi connectivity index (χ1) is 13.7. The number of sulfonamides is 1. The Balaban J connectivity index is 0.00000450. The van der Waals surface area contributed by atoms with Crippen LogP contribution >= 0.6 is 24.0 Å². The van der Waals surface area contributed by atoms with E-state index in [-0.39, 0.29) is 43.0 Å². The van der Waals surface area contributed by atoms with E-state index < -0.39 is 15.5 Å². The smallest absolute Gasteiger partial charge is 0.469 e. The fourth-order valence-electron chi connectivity index (χ4n) is 3.02. The maximum absolute atomic E-state index is 12.7. The molecular weight excluding hydrogens is 536 g/mol. The molecule has 0 saturated carbocycles. The van der Waals surface area contributed by atoms with E-state index in [1.165, 1.54) is 0 Å². The third-order valence-corrected chi connectivity index (χ3v) is 6.41. The number of aliphatic imine (C=N–C) groups is 1. The van der Waals surface area contributed by atoms with Gasteiger partial charge in [0.2, 0.25) is 0 Å². The average molecular weight is 566 g/mol. The van der Waals surface area contributed by atoms with Gasteiger partial charge in [-0.15, -0.1) is 24.0 Å². The number of unbranched alkanes of at least 4 members (excludes halogenated alkanes) is 1. The number of nitrogens with zero attached hydrogens (tertiary/aromatic N) is 2. The Kier molecular flexibility index (Phi) is 11.5. The maximum Gasteiger partial charge on any atom is 0.511 e. The first kappa shape index (κ1) is 27.0. The number of nitrogens with one attached hydrogen (secondary N) is 2. The standard InChI is InChI=1S/C18H29F3N4O3S.HI/c1-2-3-9-22-17(23-10-6-16-5-4-13-28-16)24-14-15-7-11-25(12-8-15)29(26,27)18(19,20)21;/h4-5,13,15H,2-3,6-12,14H2,1H3,(H2,22,23,24);1H. The van der Waals surface area contributed by atoms with Crippen molar-refractivity contribution in [2.75, 3.05) is 32.7 Å². The number of hydrogen-bond acceptors (Lipinski definition) is 4. The highest BCUT2D eigenvalue weighted by Gasteiger charge is 2.50. The van der Waals surface area contributed by atoms with E-state index in [9.17, 15) is 21.6 Å². The van der Waals surface area contributed by atoms with Crippen molar-refractivity contribution in [1.29, 1.82) is 0 Å². The number of guanidine groups is 1. The third-order valence-electron chi connectivity index (χ3n) is 4.78. The molecule has 0 spiro atoms. The van der Waals surface area contributed by atoms with Crippen LogP contribution in [0.4, 0.5) is 13.2 Å². The minimum Gasteiger partial charge on any atom is -0.469 e. The van der Waals surface area contributed by atoms with Crippen LogP contribution in [0.5, 0.6) is 0 Å². The summed E-state index contributed by atoms with van der Waals surface area (Å²) < 4.78 is 66.8. The Morgan fingerprint density at radius 3 is 2.50 bits per heavy atom. The van der Waals surface area contributed by atoms with E-state index in [0.717, 1.165) is 25.1 Å². The molecule has 2 heterocycles. The predicted molar refractivity (Wildman–Crippen MR) is 120 cm³/mol. The first-order valence-electron chi connectivity index (χ1n) is 9.85. The van der Waals surface area contributed by atoms with Gasteiger partial charge in [0.1, 0.15) is 5.76 Å². The van der Waals surface area contributed by atoms with Crippen molar-refractivity contribution in [2.24, 2.45) is 10.9 Å². The van der Waals surface area contributed by atoms with Gasteiger partial charge in [-0.3, -0.25) is 4.99 Å². The lowest BCUT2D eigenvalue weighted by Crippen LogP contribution is -2.45. The quantitative estimate of drug-likeness (QED) is 0.207. The molecule has 1 aliphatic heterocycles. The number of piperidine rings is 1. The number of hydrogen-bond donors (Lipinski definition) is 2. The molecule has 0 aromatic carbocycles. The Morgan fingerprint density at radius 2 is 1.93 bits per heavy atom. The molecule has 7 nitrogen and oxygen atoms in total. The van der Waals surface area contributed by atoms with E-state index in [1.807, 2.05) is 12.1 Å². The van der Waals surface area contributed by atoms with E-state index in [0.29, 0.717) is 42.6 Å². The summed E-state index contributed by atoms with van der Waals surface area (Å²) in [5.41, 5.74) is -5.24. The molecule has 1 aromatic rings. The van der Waals surface area contributed by atoms with E-state index in [4.69, 9.17) is 4.42 Å². The van der Waals surface area contributed by atoms with Crippen LogP contribution in [0.1, 0.15) is 38.4 Å². The Morgan fingerprint density at radius 1 is 1.27 bits per heavy atom. The van der Waals surface area contributed by atoms with Gasteiger partial charge in [0.25, 0.3) is 0 Å². The van der Waals surface area contributed by atoms with Crippen LogP contribution < -0.4 is 10.6 Å². The molecule has 12 heteroatoms. The summed E-state index contributed by atoms with van der Waals surface area (Å²) in [5.74, 6) is 1.56. The topological polar surface area (TPSA) is 86.9 Å². The van der Waals surface area contributed by atoms with Gasteiger partial charge < -0.3 is 15.1 Å². The zero-order valence-electron chi connectivity index (χ0n) is 17.0. The molecule has 0 amide bonds. The van der Waals surface area contributed by atoms with Gasteiger partial charge in [-0.05, 0) is 37.3 Å². The van der Waals surface area contributed by atoms with E-state index >= 15 is 0 Å². The van der Waals surface area contributed by atoms with Crippen molar-refractivity contribution in [2.45, 2.75) is 44.5 Å². The summed E-state index contributed by atoms with van der Waals surface area (Å²) in [7, 11) is -5.24. The third kappa shape index (κ3) is 8.25. The van der Waals surface area contributed by atoms with Crippen LogP contribution in [0, 0.1) is 5.92 Å². The molecule has 1 saturated heterocycles. The van der Waals surface area contributed by atoms with Gasteiger partial charge in [-0.2, -0.15) is 17.5 Å². The van der Waals surface area contributed by atoms with Crippen molar-refractivity contribution in [1.82, 2.24) is 14.9 Å². The van der Waals surface area contributed by atoms with E-state index in [2.05, 4.69) is 22.5 Å². The minimum atomic E-state index is -5.24. The Bertz CT molecular complexity index is 734. The van der Waals surface area contributed by atoms with Crippen LogP contribution in [0.2, 0.25) is 0 Å². The molecular formula is C18H30F3IN4O3S. The van der Waals surface area contributed by atoms with Gasteiger partial charge in [0.05, 0.1) is 6.26 Å². The molecule has 0 unspecified atom stereocenters. The molecule has 1 aliphatic rings. The van der Waals surface area contributed by atoms with Crippen LogP contribution in [0.3, 0.4) is 0 Å². The van der Waals surface area contributed by atoms with Gasteiger partial charge in [-0.1, -0.05) is 13.3 Å². The minimum absolute atomic E-state index is 0. The lowest BCUT2D eigenvalue weighted by molar-refractivity contribution is -0.0496. The SMILES string of the molecule is CCCCNC(=NCC1CCN(S(=O)(=O)C(F)(F)F)CC1)NCCc1ccco1.I. The fraction of sp³-hybridized carbons (Fsp3) is 0.722. The zero-order chi connectivity index (χ0) is 21.3. The van der Waals surface area contributed by atoms with Crippen LogP contribution in [0.15, 0.2) is 27.8 Å². The fourth-order valence-corrected chi connectivity index (χ4v) is 4.00. The summed E-state index contributed by atoms with van der Waals surface area (Å²) in [6, 6.07) is 3.72. The molecule has 2 rings (SSSR count). The van der Waals surface area contributed by atoms with Crippen LogP contribution in [-0.4, -0.2) is 56.9 Å². The van der Waals surface area contributed by atoms with Crippen LogP contribution in [0.25, 0.3) is 0 Å². The lowest BCUT2D eigenvalue weighted by Gasteiger charge is -2.30. The number of rotatable bonds is 9. The molecule has 0 aliphatic carbocycles. The highest BCUT2D eigenvalue weighted by atomic mass is 127. The lowest BCUT2D eigenvalue weighted by atomic mass is 9.98. The summed E-state index contributed by atoms with van der Waals surface area (Å²) in [5, 5.41) is 6.48. The largest absolute Gasteiger partial charge is 0.511 e.